The smallest absolute Gasteiger partial charge is 0.395 e. The molecule has 71 heavy (non-hydrogen) atoms. The molecule has 1 aromatic heterocycles. The van der Waals surface area contributed by atoms with Crippen molar-refractivity contribution in [1.82, 2.24) is 24.3 Å². The Morgan fingerprint density at radius 2 is 1.72 bits per heavy atom. The lowest BCUT2D eigenvalue weighted by Gasteiger charge is -2.46. The Bertz CT molecular complexity index is 2750. The number of imidazole rings is 1. The van der Waals surface area contributed by atoms with Crippen LogP contribution in [-0.4, -0.2) is 94.4 Å². The fourth-order valence-corrected chi connectivity index (χ4v) is 12.1. The number of piperidine rings is 2. The van der Waals surface area contributed by atoms with Gasteiger partial charge in [-0.05, 0) is 152 Å². The van der Waals surface area contributed by atoms with Crippen LogP contribution in [0.4, 0.5) is 23.2 Å². The van der Waals surface area contributed by atoms with Gasteiger partial charge in [0.25, 0.3) is 0 Å². The van der Waals surface area contributed by atoms with E-state index >= 15 is 4.39 Å². The Morgan fingerprint density at radius 3 is 2.38 bits per heavy atom. The van der Waals surface area contributed by atoms with Crippen molar-refractivity contribution < 1.29 is 41.4 Å². The summed E-state index contributed by atoms with van der Waals surface area (Å²) in [5.74, 6) is -0.579. The maximum Gasteiger partial charge on any atom is 0.395 e. The predicted octanol–water partition coefficient (Wildman–Crippen LogP) is 9.47. The molecule has 3 amide bonds. The highest BCUT2D eigenvalue weighted by Gasteiger charge is 2.49. The van der Waals surface area contributed by atoms with Gasteiger partial charge < -0.3 is 19.7 Å². The van der Waals surface area contributed by atoms with Crippen LogP contribution in [0.2, 0.25) is 0 Å². The molecule has 0 saturated carbocycles. The molecule has 3 aromatic carbocycles. The first-order chi connectivity index (χ1) is 33.7. The summed E-state index contributed by atoms with van der Waals surface area (Å²) >= 11 is 0. The molecular formula is C55H68F4N6O6. The van der Waals surface area contributed by atoms with Crippen molar-refractivity contribution in [2.45, 2.75) is 147 Å². The van der Waals surface area contributed by atoms with E-state index in [-0.39, 0.29) is 60.8 Å². The van der Waals surface area contributed by atoms with Gasteiger partial charge in [0.15, 0.2) is 0 Å². The fourth-order valence-electron chi connectivity index (χ4n) is 12.1. The Balaban J connectivity index is 0.825. The highest BCUT2D eigenvalue weighted by molar-refractivity contribution is 6.00. The molecule has 0 unspecified atom stereocenters. The van der Waals surface area contributed by atoms with Gasteiger partial charge in [-0.25, -0.2) is 9.18 Å². The van der Waals surface area contributed by atoms with E-state index in [1.54, 1.807) is 22.3 Å². The molecule has 382 valence electrons. The zero-order valence-corrected chi connectivity index (χ0v) is 41.7. The number of rotatable bonds is 14. The highest BCUT2D eigenvalue weighted by atomic mass is 19.4. The van der Waals surface area contributed by atoms with Crippen molar-refractivity contribution in [3.8, 4) is 5.75 Å². The number of alkyl halides is 3. The zero-order chi connectivity index (χ0) is 50.5. The average Bonchev–Trinajstić information content (AvgIpc) is 3.62. The van der Waals surface area contributed by atoms with Crippen LogP contribution in [0.1, 0.15) is 127 Å². The molecule has 1 aliphatic carbocycles. The molecule has 3 fully saturated rings. The van der Waals surface area contributed by atoms with E-state index in [1.807, 2.05) is 58.3 Å². The van der Waals surface area contributed by atoms with Gasteiger partial charge in [0.2, 0.25) is 17.7 Å². The van der Waals surface area contributed by atoms with E-state index in [4.69, 9.17) is 9.47 Å². The van der Waals surface area contributed by atoms with Gasteiger partial charge in [0.05, 0.1) is 29.2 Å². The zero-order valence-electron chi connectivity index (χ0n) is 41.7. The van der Waals surface area contributed by atoms with Crippen LogP contribution in [0.15, 0.2) is 65.5 Å². The van der Waals surface area contributed by atoms with Crippen molar-refractivity contribution in [3.63, 3.8) is 0 Å². The summed E-state index contributed by atoms with van der Waals surface area (Å²) in [6.07, 6.45) is 4.71. The summed E-state index contributed by atoms with van der Waals surface area (Å²) in [5.41, 5.74) is 3.51. The molecule has 0 radical (unpaired) electrons. The lowest BCUT2D eigenvalue weighted by molar-refractivity contribution is -0.217. The monoisotopic (exact) mass is 985 g/mol. The number of aromatic nitrogens is 2. The SMILES string of the molecule is COc1ccc([C@]2(CCN(Cc3ccc(C4=CC[C@H](C(=O)N5CCC(Nc6ccc7c8c6CCCn8c(=O)n7[C@H]6CCC(=O)NC6=O)CC5)CC4)c(F)c3)CC(C)(C)C(F)(F)F)CCOC(C)(C)C2)cc1. The number of nitrogens with one attached hydrogen (secondary N) is 2. The Labute approximate surface area is 413 Å². The standard InChI is InChI=1S/C55H68F4N6O6/c1-52(2,55(57,58)59)34-62(29-24-54(25-30-71-53(3,4)33-54)38-13-15-40(70-5)16-14-38)32-35-8-17-41(43(56)31-35)36-9-11-37(12-10-36)50(68)63-27-22-39(23-28-63)60-44-18-19-45-48-42(44)7-6-26-64(48)51(69)65(45)46-20-21-47(66)61-49(46)67/h8-9,13-19,31,37,39,46,60H,6-7,10-12,20-30,32-34H2,1-5H3,(H,61,66,67)/t37-,46-,54+/m0/s1. The number of carbonyl (C=O) groups is 3. The predicted molar refractivity (Wildman–Crippen MR) is 265 cm³/mol. The third kappa shape index (κ3) is 10.4. The Kier molecular flexibility index (Phi) is 14.1. The number of carbonyl (C=O) groups excluding carboxylic acids is 3. The van der Waals surface area contributed by atoms with E-state index in [0.29, 0.717) is 81.5 Å². The maximum absolute atomic E-state index is 16.1. The minimum Gasteiger partial charge on any atom is -0.497 e. The molecule has 16 heteroatoms. The van der Waals surface area contributed by atoms with Crippen molar-refractivity contribution in [2.75, 3.05) is 45.2 Å². The summed E-state index contributed by atoms with van der Waals surface area (Å²) in [7, 11) is 1.62. The summed E-state index contributed by atoms with van der Waals surface area (Å²) < 4.78 is 74.2. The van der Waals surface area contributed by atoms with Gasteiger partial charge in [-0.1, -0.05) is 30.3 Å². The van der Waals surface area contributed by atoms with Crippen molar-refractivity contribution >= 4 is 40.0 Å². The first-order valence-electron chi connectivity index (χ1n) is 25.5. The second-order valence-corrected chi connectivity index (χ2v) is 22.0. The minimum atomic E-state index is -4.44. The molecule has 0 spiro atoms. The lowest BCUT2D eigenvalue weighted by Crippen LogP contribution is -2.47. The first kappa shape index (κ1) is 50.5. The lowest BCUT2D eigenvalue weighted by atomic mass is 9.67. The van der Waals surface area contributed by atoms with Crippen molar-refractivity contribution in [2.24, 2.45) is 11.3 Å². The number of nitrogens with zero attached hydrogens (tertiary/aromatic N) is 4. The molecule has 12 nitrogen and oxygen atoms in total. The molecule has 5 aliphatic rings. The van der Waals surface area contributed by atoms with Crippen LogP contribution in [0.25, 0.3) is 16.6 Å². The summed E-state index contributed by atoms with van der Waals surface area (Å²) in [6, 6.07) is 16.2. The number of allylic oxidation sites excluding steroid dienone is 2. The fraction of sp³-hybridized carbons (Fsp3) is 0.564. The molecule has 5 heterocycles. The molecule has 3 atom stereocenters. The average molecular weight is 985 g/mol. The van der Waals surface area contributed by atoms with Gasteiger partial charge in [-0.15, -0.1) is 0 Å². The molecular weight excluding hydrogens is 917 g/mol. The van der Waals surface area contributed by atoms with E-state index < -0.39 is 35.0 Å². The number of halogens is 4. The number of amides is 3. The summed E-state index contributed by atoms with van der Waals surface area (Å²) in [6.45, 7) is 9.10. The molecule has 4 aliphatic heterocycles. The Morgan fingerprint density at radius 1 is 0.958 bits per heavy atom. The first-order valence-corrected chi connectivity index (χ1v) is 25.5. The van der Waals surface area contributed by atoms with Crippen LogP contribution in [0.3, 0.4) is 0 Å². The largest absolute Gasteiger partial charge is 0.497 e. The van der Waals surface area contributed by atoms with Crippen molar-refractivity contribution in [3.05, 3.63) is 99.2 Å². The number of imide groups is 1. The normalized spacial score (nSPS) is 23.2. The van der Waals surface area contributed by atoms with Gasteiger partial charge >= 0.3 is 11.9 Å². The van der Waals surface area contributed by atoms with E-state index in [2.05, 4.69) is 24.5 Å². The molecule has 9 rings (SSSR count). The number of likely N-dealkylation sites (tertiary alicyclic amines) is 1. The van der Waals surface area contributed by atoms with E-state index in [9.17, 15) is 32.3 Å². The van der Waals surface area contributed by atoms with Gasteiger partial charge in [-0.3, -0.25) is 33.7 Å². The van der Waals surface area contributed by atoms with Crippen LogP contribution < -0.4 is 21.1 Å². The minimum absolute atomic E-state index is 0.102. The number of benzene rings is 3. The van der Waals surface area contributed by atoms with Crippen LogP contribution in [0, 0.1) is 17.2 Å². The summed E-state index contributed by atoms with van der Waals surface area (Å²) in [5, 5.41) is 6.11. The van der Waals surface area contributed by atoms with Gasteiger partial charge in [0.1, 0.15) is 17.6 Å². The second kappa shape index (κ2) is 19.8. The number of hydrogen-bond acceptors (Lipinski definition) is 8. The third-order valence-electron chi connectivity index (χ3n) is 16.1. The second-order valence-electron chi connectivity index (χ2n) is 22.0. The maximum atomic E-state index is 16.1. The molecule has 3 saturated heterocycles. The molecule has 2 N–H and O–H groups in total. The number of aryl methyl sites for hydroxylation is 2. The van der Waals surface area contributed by atoms with Gasteiger partial charge in [-0.2, -0.15) is 13.2 Å². The van der Waals surface area contributed by atoms with Crippen LogP contribution in [0.5, 0.6) is 5.75 Å². The topological polar surface area (TPSA) is 127 Å². The summed E-state index contributed by atoms with van der Waals surface area (Å²) in [4.78, 5) is 55.9. The van der Waals surface area contributed by atoms with Crippen LogP contribution in [-0.2, 0) is 44.0 Å². The number of methoxy groups -OCH3 is 1. The molecule has 4 aromatic rings. The molecule has 0 bridgehead atoms. The highest BCUT2D eigenvalue weighted by Crippen LogP contribution is 2.46. The third-order valence-corrected chi connectivity index (χ3v) is 16.1. The van der Waals surface area contributed by atoms with E-state index in [1.165, 1.54) is 19.9 Å². The van der Waals surface area contributed by atoms with Crippen molar-refractivity contribution in [1.29, 1.82) is 0 Å². The quantitative estimate of drug-likeness (QED) is 0.0946. The number of hydrogen-bond donors (Lipinski definition) is 2. The van der Waals surface area contributed by atoms with Crippen LogP contribution >= 0.6 is 0 Å². The number of anilines is 1. The van der Waals surface area contributed by atoms with E-state index in [0.717, 1.165) is 65.8 Å². The number of ether oxygens (including phenoxy) is 2. The Hall–Kier alpha value is -5.48. The van der Waals surface area contributed by atoms with Gasteiger partial charge in [0, 0.05) is 79.9 Å².